The Morgan fingerprint density at radius 1 is 0.905 bits per heavy atom. The Bertz CT molecular complexity index is 1520. The maximum absolute atomic E-state index is 12.7. The summed E-state index contributed by atoms with van der Waals surface area (Å²) in [7, 11) is 1.54. The average molecular weight is 567 g/mol. The number of hydrogen-bond acceptors (Lipinski definition) is 6. The molecule has 0 atom stereocenters. The van der Waals surface area contributed by atoms with Crippen LogP contribution < -0.4 is 9.47 Å². The van der Waals surface area contributed by atoms with Gasteiger partial charge in [0.25, 0.3) is 0 Å². The first kappa shape index (κ1) is 29.9. The Hall–Kier alpha value is -5.07. The lowest BCUT2D eigenvalue weighted by molar-refractivity contribution is -0.138. The van der Waals surface area contributed by atoms with E-state index in [0.717, 1.165) is 58.7 Å². The van der Waals surface area contributed by atoms with Crippen LogP contribution in [-0.2, 0) is 24.2 Å². The zero-order chi connectivity index (χ0) is 29.7. The quantitative estimate of drug-likeness (QED) is 0.174. The van der Waals surface area contributed by atoms with Crippen molar-refractivity contribution in [3.63, 3.8) is 0 Å². The second-order valence-electron chi connectivity index (χ2n) is 9.65. The molecule has 0 saturated heterocycles. The molecular formula is C34H34N2O6. The zero-order valence-electron chi connectivity index (χ0n) is 23.8. The number of benzene rings is 3. The van der Waals surface area contributed by atoms with Crippen molar-refractivity contribution >= 4 is 12.1 Å². The van der Waals surface area contributed by atoms with Gasteiger partial charge in [0.1, 0.15) is 23.8 Å². The van der Waals surface area contributed by atoms with Crippen LogP contribution in [0.3, 0.4) is 0 Å². The first-order valence-electron chi connectivity index (χ1n) is 13.7. The lowest BCUT2D eigenvalue weighted by Gasteiger charge is -2.20. The monoisotopic (exact) mass is 566 g/mol. The molecule has 0 unspecified atom stereocenters. The summed E-state index contributed by atoms with van der Waals surface area (Å²) in [5, 5.41) is 9.29. The lowest BCUT2D eigenvalue weighted by Crippen LogP contribution is -2.37. The molecule has 0 aliphatic rings. The fourth-order valence-electron chi connectivity index (χ4n) is 4.25. The summed E-state index contributed by atoms with van der Waals surface area (Å²) < 4.78 is 16.3. The number of amides is 1. The molecule has 1 heterocycles. The van der Waals surface area contributed by atoms with Crippen molar-refractivity contribution in [3.05, 3.63) is 119 Å². The van der Waals surface area contributed by atoms with Crippen molar-refractivity contribution in [2.45, 2.75) is 39.2 Å². The molecule has 0 fully saturated rings. The molecule has 3 aromatic carbocycles. The van der Waals surface area contributed by atoms with Gasteiger partial charge in [-0.15, -0.1) is 5.73 Å². The van der Waals surface area contributed by atoms with Gasteiger partial charge < -0.3 is 19.0 Å². The predicted octanol–water partition coefficient (Wildman–Crippen LogP) is 7.02. The molecule has 8 nitrogen and oxygen atoms in total. The van der Waals surface area contributed by atoms with E-state index in [1.807, 2.05) is 73.7 Å². The summed E-state index contributed by atoms with van der Waals surface area (Å²) >= 11 is 0. The molecular weight excluding hydrogens is 532 g/mol. The smallest absolute Gasteiger partial charge is 0.416 e. The number of aryl methyl sites for hydroxylation is 3. The number of methoxy groups -OCH3 is 1. The van der Waals surface area contributed by atoms with Gasteiger partial charge in [-0.05, 0) is 92.3 Å². The SMILES string of the molecule is COc1ccc(OC(=O)N(CC(=O)O)Cc2ccc(CCC=C=CCCc3nc(-c4ccccc4)oc3C)cc2)cc1. The highest BCUT2D eigenvalue weighted by atomic mass is 16.6. The predicted molar refractivity (Wildman–Crippen MR) is 159 cm³/mol. The number of rotatable bonds is 13. The van der Waals surface area contributed by atoms with Gasteiger partial charge in [-0.1, -0.05) is 42.5 Å². The molecule has 216 valence electrons. The van der Waals surface area contributed by atoms with E-state index in [1.54, 1.807) is 31.4 Å². The molecule has 1 aromatic heterocycles. The maximum atomic E-state index is 12.7. The molecule has 0 bridgehead atoms. The number of ether oxygens (including phenoxy) is 2. The molecule has 0 radical (unpaired) electrons. The van der Waals surface area contributed by atoms with Gasteiger partial charge in [-0.3, -0.25) is 9.69 Å². The highest BCUT2D eigenvalue weighted by Crippen LogP contribution is 2.22. The number of oxazole rings is 1. The number of aromatic nitrogens is 1. The van der Waals surface area contributed by atoms with E-state index in [1.165, 1.54) is 0 Å². The van der Waals surface area contributed by atoms with Crippen molar-refractivity contribution in [1.82, 2.24) is 9.88 Å². The third-order valence-corrected chi connectivity index (χ3v) is 6.50. The standard InChI is InChI=1S/C34H34N2O6/c1-25-31(35-33(41-25)28-12-8-6-9-13-28)14-10-5-3-4-7-11-26-15-17-27(18-16-26)23-36(24-32(37)38)34(39)42-30-21-19-29(40-2)20-22-30/h4-6,8-9,12-13,15-22H,7,10-11,14,23-24H2,1-2H3,(H,37,38). The average Bonchev–Trinajstić information content (AvgIpc) is 3.37. The summed E-state index contributed by atoms with van der Waals surface area (Å²) in [4.78, 5) is 29.8. The number of carboxylic acids is 1. The number of carbonyl (C=O) groups is 2. The topological polar surface area (TPSA) is 102 Å². The van der Waals surface area contributed by atoms with Crippen molar-refractivity contribution < 1.29 is 28.6 Å². The molecule has 4 aromatic rings. The molecule has 0 spiro atoms. The minimum absolute atomic E-state index is 0.113. The highest BCUT2D eigenvalue weighted by molar-refractivity contribution is 5.78. The van der Waals surface area contributed by atoms with Gasteiger partial charge in [0.2, 0.25) is 5.89 Å². The van der Waals surface area contributed by atoms with E-state index in [2.05, 4.69) is 10.7 Å². The normalized spacial score (nSPS) is 10.4. The first-order chi connectivity index (χ1) is 20.4. The number of carboxylic acid groups (broad SMARTS) is 1. The molecule has 0 saturated carbocycles. The van der Waals surface area contributed by atoms with E-state index < -0.39 is 18.6 Å². The molecule has 42 heavy (non-hydrogen) atoms. The van der Waals surface area contributed by atoms with Crippen molar-refractivity contribution in [3.8, 4) is 23.0 Å². The minimum Gasteiger partial charge on any atom is -0.497 e. The number of aliphatic carboxylic acids is 1. The third kappa shape index (κ3) is 8.98. The van der Waals surface area contributed by atoms with E-state index in [9.17, 15) is 14.7 Å². The van der Waals surface area contributed by atoms with Gasteiger partial charge in [-0.2, -0.15) is 0 Å². The second kappa shape index (κ2) is 15.1. The largest absolute Gasteiger partial charge is 0.497 e. The Balaban J connectivity index is 1.23. The van der Waals surface area contributed by atoms with Gasteiger partial charge in [-0.25, -0.2) is 9.78 Å². The van der Waals surface area contributed by atoms with E-state index in [-0.39, 0.29) is 6.54 Å². The Morgan fingerprint density at radius 2 is 1.55 bits per heavy atom. The molecule has 0 aliphatic carbocycles. The minimum atomic E-state index is -1.12. The molecule has 1 amide bonds. The van der Waals surface area contributed by atoms with Crippen LogP contribution in [0.5, 0.6) is 11.5 Å². The van der Waals surface area contributed by atoms with Crippen LogP contribution in [0.25, 0.3) is 11.5 Å². The Morgan fingerprint density at radius 3 is 2.21 bits per heavy atom. The highest BCUT2D eigenvalue weighted by Gasteiger charge is 2.19. The Labute approximate surface area is 245 Å². The number of nitrogens with zero attached hydrogens (tertiary/aromatic N) is 2. The number of hydrogen-bond donors (Lipinski definition) is 1. The molecule has 1 N–H and O–H groups in total. The van der Waals surface area contributed by atoms with E-state index in [4.69, 9.17) is 13.9 Å². The van der Waals surface area contributed by atoms with Crippen LogP contribution in [0.2, 0.25) is 0 Å². The number of carbonyl (C=O) groups excluding carboxylic acids is 1. The molecule has 4 rings (SSSR count). The molecule has 0 aliphatic heterocycles. The van der Waals surface area contributed by atoms with Crippen LogP contribution >= 0.6 is 0 Å². The van der Waals surface area contributed by atoms with Gasteiger partial charge >= 0.3 is 12.1 Å². The van der Waals surface area contributed by atoms with Crippen LogP contribution in [0.4, 0.5) is 4.79 Å². The van der Waals surface area contributed by atoms with Crippen LogP contribution in [0.15, 0.2) is 101 Å². The van der Waals surface area contributed by atoms with Crippen molar-refractivity contribution in [2.24, 2.45) is 0 Å². The summed E-state index contributed by atoms with van der Waals surface area (Å²) in [6, 6.07) is 24.1. The summed E-state index contributed by atoms with van der Waals surface area (Å²) in [5.41, 5.74) is 7.12. The van der Waals surface area contributed by atoms with Crippen LogP contribution in [-0.4, -0.2) is 40.7 Å². The lowest BCUT2D eigenvalue weighted by atomic mass is 10.1. The summed E-state index contributed by atoms with van der Waals surface area (Å²) in [5.74, 6) is 1.30. The fraction of sp³-hybridized carbons (Fsp3) is 0.235. The Kier molecular flexibility index (Phi) is 10.7. The van der Waals surface area contributed by atoms with Crippen LogP contribution in [0.1, 0.15) is 35.4 Å². The summed E-state index contributed by atoms with van der Waals surface area (Å²) in [6.07, 6.45) is 6.57. The fourth-order valence-corrected chi connectivity index (χ4v) is 4.25. The molecule has 8 heteroatoms. The van der Waals surface area contributed by atoms with Gasteiger partial charge in [0.15, 0.2) is 0 Å². The van der Waals surface area contributed by atoms with Gasteiger partial charge in [0.05, 0.1) is 12.8 Å². The van der Waals surface area contributed by atoms with Crippen LogP contribution in [0, 0.1) is 6.92 Å². The van der Waals surface area contributed by atoms with E-state index >= 15 is 0 Å². The third-order valence-electron chi connectivity index (χ3n) is 6.50. The van der Waals surface area contributed by atoms with E-state index in [0.29, 0.717) is 17.4 Å². The van der Waals surface area contributed by atoms with Gasteiger partial charge in [0, 0.05) is 12.1 Å². The summed E-state index contributed by atoms with van der Waals surface area (Å²) in [6.45, 7) is 1.58. The number of allylic oxidation sites excluding steroid dienone is 1. The van der Waals surface area contributed by atoms with Crippen molar-refractivity contribution in [2.75, 3.05) is 13.7 Å². The second-order valence-corrected chi connectivity index (χ2v) is 9.65. The maximum Gasteiger partial charge on any atom is 0.416 e. The first-order valence-corrected chi connectivity index (χ1v) is 13.7. The zero-order valence-corrected chi connectivity index (χ0v) is 23.8. The van der Waals surface area contributed by atoms with Crippen molar-refractivity contribution in [1.29, 1.82) is 0 Å².